The summed E-state index contributed by atoms with van der Waals surface area (Å²) in [5.41, 5.74) is 2.83. The number of benzene rings is 1. The molecule has 0 spiro atoms. The highest BCUT2D eigenvalue weighted by Crippen LogP contribution is 2.34. The molecule has 28 heavy (non-hydrogen) atoms. The van der Waals surface area contributed by atoms with E-state index in [1.165, 1.54) is 37.7 Å². The van der Waals surface area contributed by atoms with Gasteiger partial charge in [0.15, 0.2) is 5.82 Å². The topological polar surface area (TPSA) is 58.8 Å². The molecule has 1 fully saturated rings. The Morgan fingerprint density at radius 3 is 2.29 bits per heavy atom. The van der Waals surface area contributed by atoms with E-state index in [2.05, 4.69) is 23.0 Å². The van der Waals surface area contributed by atoms with Crippen molar-refractivity contribution in [1.29, 1.82) is 5.26 Å². The van der Waals surface area contributed by atoms with Crippen LogP contribution in [0.15, 0.2) is 36.7 Å². The Hall–Kier alpha value is -2.25. The van der Waals surface area contributed by atoms with E-state index >= 15 is 0 Å². The van der Waals surface area contributed by atoms with Crippen molar-refractivity contribution in [3.63, 3.8) is 0 Å². The Morgan fingerprint density at radius 2 is 1.64 bits per heavy atom. The predicted octanol–water partition coefficient (Wildman–Crippen LogP) is 6.03. The number of hydrogen-bond donors (Lipinski definition) is 0. The molecule has 0 N–H and O–H groups in total. The summed E-state index contributed by atoms with van der Waals surface area (Å²) in [7, 11) is 0. The smallest absolute Gasteiger partial charge is 0.159 e. The quantitative estimate of drug-likeness (QED) is 0.501. The van der Waals surface area contributed by atoms with Gasteiger partial charge in [-0.3, -0.25) is 0 Å². The van der Waals surface area contributed by atoms with E-state index in [1.807, 2.05) is 24.5 Å². The molecular weight excluding hydrogens is 346 g/mol. The summed E-state index contributed by atoms with van der Waals surface area (Å²) in [5.74, 6) is 1.26. The van der Waals surface area contributed by atoms with Crippen LogP contribution < -0.4 is 0 Å². The van der Waals surface area contributed by atoms with Crippen LogP contribution in [0.25, 0.3) is 11.4 Å². The summed E-state index contributed by atoms with van der Waals surface area (Å²) < 4.78 is 6.09. The van der Waals surface area contributed by atoms with E-state index < -0.39 is 0 Å². The zero-order chi connectivity index (χ0) is 19.6. The first-order valence-corrected chi connectivity index (χ1v) is 10.7. The van der Waals surface area contributed by atoms with Gasteiger partial charge >= 0.3 is 0 Å². The number of nitriles is 1. The highest BCUT2D eigenvalue weighted by molar-refractivity contribution is 5.56. The summed E-state index contributed by atoms with van der Waals surface area (Å²) in [6.07, 6.45) is 15.4. The molecule has 0 aliphatic heterocycles. The zero-order valence-electron chi connectivity index (χ0n) is 16.9. The van der Waals surface area contributed by atoms with E-state index in [0.29, 0.717) is 23.4 Å². The van der Waals surface area contributed by atoms with Crippen LogP contribution in [0.4, 0.5) is 0 Å². The van der Waals surface area contributed by atoms with Gasteiger partial charge in [-0.2, -0.15) is 5.26 Å². The lowest BCUT2D eigenvalue weighted by molar-refractivity contribution is 0.0225. The van der Waals surface area contributed by atoms with Crippen molar-refractivity contribution < 1.29 is 4.74 Å². The Morgan fingerprint density at radius 1 is 0.964 bits per heavy atom. The molecule has 148 valence electrons. The third-order valence-electron chi connectivity index (χ3n) is 5.69. The van der Waals surface area contributed by atoms with Gasteiger partial charge in [-0.1, -0.05) is 32.6 Å². The normalized spacial score (nSPS) is 19.3. The van der Waals surface area contributed by atoms with Gasteiger partial charge in [-0.15, -0.1) is 0 Å². The van der Waals surface area contributed by atoms with Crippen LogP contribution in [0.2, 0.25) is 0 Å². The van der Waals surface area contributed by atoms with Gasteiger partial charge in [0.05, 0.1) is 17.7 Å². The monoisotopic (exact) mass is 377 g/mol. The van der Waals surface area contributed by atoms with Crippen LogP contribution in [0.3, 0.4) is 0 Å². The molecule has 0 amide bonds. The molecule has 1 aliphatic rings. The second-order valence-corrected chi connectivity index (χ2v) is 7.79. The van der Waals surface area contributed by atoms with Crippen LogP contribution in [-0.2, 0) is 4.74 Å². The van der Waals surface area contributed by atoms with Gasteiger partial charge < -0.3 is 4.74 Å². The fourth-order valence-electron chi connectivity index (χ4n) is 3.91. The van der Waals surface area contributed by atoms with Gasteiger partial charge in [0.1, 0.15) is 0 Å². The lowest BCUT2D eigenvalue weighted by Crippen LogP contribution is -2.21. The first-order chi connectivity index (χ1) is 13.8. The number of rotatable bonds is 9. The lowest BCUT2D eigenvalue weighted by Gasteiger charge is -2.28. The minimum atomic E-state index is 0.432. The maximum Gasteiger partial charge on any atom is 0.159 e. The molecule has 0 radical (unpaired) electrons. The van der Waals surface area contributed by atoms with E-state index in [4.69, 9.17) is 10.00 Å². The van der Waals surface area contributed by atoms with E-state index in [9.17, 15) is 0 Å². The molecule has 1 aliphatic carbocycles. The highest BCUT2D eigenvalue weighted by Gasteiger charge is 2.23. The molecule has 4 nitrogen and oxygen atoms in total. The SMILES string of the molecule is CCCCCCCOC1CCC(c2cnc(-c3ccc(C#N)cc3)nc2)CC1. The summed E-state index contributed by atoms with van der Waals surface area (Å²) in [5, 5.41) is 8.90. The van der Waals surface area contributed by atoms with Crippen LogP contribution >= 0.6 is 0 Å². The maximum atomic E-state index is 8.90. The molecule has 1 heterocycles. The standard InChI is InChI=1S/C24H31N3O/c1-2-3-4-5-6-15-28-23-13-11-20(12-14-23)22-17-26-24(27-18-22)21-9-7-19(16-25)8-10-21/h7-10,17-18,20,23H,2-6,11-15H2,1H3. The first-order valence-electron chi connectivity index (χ1n) is 10.7. The summed E-state index contributed by atoms with van der Waals surface area (Å²) in [4.78, 5) is 9.12. The van der Waals surface area contributed by atoms with E-state index in [1.54, 1.807) is 12.1 Å². The Labute approximate surface area is 169 Å². The van der Waals surface area contributed by atoms with Gasteiger partial charge in [0, 0.05) is 24.6 Å². The molecule has 3 rings (SSSR count). The second kappa shape index (κ2) is 10.9. The molecule has 1 saturated carbocycles. The van der Waals surface area contributed by atoms with Crippen molar-refractivity contribution in [3.8, 4) is 17.5 Å². The van der Waals surface area contributed by atoms with Gasteiger partial charge in [0.25, 0.3) is 0 Å². The van der Waals surface area contributed by atoms with Crippen molar-refractivity contribution in [2.75, 3.05) is 6.61 Å². The van der Waals surface area contributed by atoms with Crippen LogP contribution in [0, 0.1) is 11.3 Å². The molecule has 1 aromatic carbocycles. The fraction of sp³-hybridized carbons (Fsp3) is 0.542. The van der Waals surface area contributed by atoms with Crippen molar-refractivity contribution in [2.45, 2.75) is 76.7 Å². The minimum Gasteiger partial charge on any atom is -0.378 e. The fourth-order valence-corrected chi connectivity index (χ4v) is 3.91. The molecule has 0 saturated heterocycles. The molecular formula is C24H31N3O. The Balaban J connectivity index is 1.43. The van der Waals surface area contributed by atoms with Crippen molar-refractivity contribution in [2.24, 2.45) is 0 Å². The number of nitrogens with zero attached hydrogens (tertiary/aromatic N) is 3. The third kappa shape index (κ3) is 5.87. The van der Waals surface area contributed by atoms with E-state index in [-0.39, 0.29) is 0 Å². The predicted molar refractivity (Wildman–Crippen MR) is 112 cm³/mol. The molecule has 1 aromatic heterocycles. The van der Waals surface area contributed by atoms with Crippen molar-refractivity contribution in [3.05, 3.63) is 47.8 Å². The minimum absolute atomic E-state index is 0.432. The molecule has 2 aromatic rings. The van der Waals surface area contributed by atoms with Crippen LogP contribution in [-0.4, -0.2) is 22.7 Å². The Bertz CT molecular complexity index is 741. The largest absolute Gasteiger partial charge is 0.378 e. The summed E-state index contributed by atoms with van der Waals surface area (Å²) in [6, 6.07) is 9.54. The van der Waals surface area contributed by atoms with Crippen molar-refractivity contribution in [1.82, 2.24) is 9.97 Å². The highest BCUT2D eigenvalue weighted by atomic mass is 16.5. The van der Waals surface area contributed by atoms with Crippen LogP contribution in [0.5, 0.6) is 0 Å². The van der Waals surface area contributed by atoms with Gasteiger partial charge in [-0.25, -0.2) is 9.97 Å². The van der Waals surface area contributed by atoms with Crippen LogP contribution in [0.1, 0.15) is 81.8 Å². The average Bonchev–Trinajstić information content (AvgIpc) is 2.77. The van der Waals surface area contributed by atoms with Gasteiger partial charge in [-0.05, 0) is 67.9 Å². The molecule has 0 atom stereocenters. The molecule has 4 heteroatoms. The third-order valence-corrected chi connectivity index (χ3v) is 5.69. The second-order valence-electron chi connectivity index (χ2n) is 7.79. The number of aromatic nitrogens is 2. The summed E-state index contributed by atoms with van der Waals surface area (Å²) >= 11 is 0. The Kier molecular flexibility index (Phi) is 7.99. The summed E-state index contributed by atoms with van der Waals surface area (Å²) in [6.45, 7) is 3.17. The maximum absolute atomic E-state index is 8.90. The molecule has 0 bridgehead atoms. The first kappa shape index (κ1) is 20.5. The number of hydrogen-bond acceptors (Lipinski definition) is 4. The molecule has 0 unspecified atom stereocenters. The van der Waals surface area contributed by atoms with Crippen molar-refractivity contribution >= 4 is 0 Å². The zero-order valence-corrected chi connectivity index (χ0v) is 16.9. The average molecular weight is 378 g/mol. The lowest BCUT2D eigenvalue weighted by atomic mass is 9.84. The number of ether oxygens (including phenoxy) is 1. The number of unbranched alkanes of at least 4 members (excludes halogenated alkanes) is 4. The van der Waals surface area contributed by atoms with Gasteiger partial charge in [0.2, 0.25) is 0 Å². The van der Waals surface area contributed by atoms with E-state index in [0.717, 1.165) is 37.9 Å².